The van der Waals surface area contributed by atoms with Crippen molar-refractivity contribution in [2.75, 3.05) is 41.3 Å². The molecular weight excluding hydrogens is 416 g/mol. The Morgan fingerprint density at radius 1 is 0.844 bits per heavy atom. The van der Waals surface area contributed by atoms with Gasteiger partial charge in [-0.1, -0.05) is 12.1 Å². The van der Waals surface area contributed by atoms with Crippen molar-refractivity contribution in [1.29, 1.82) is 0 Å². The summed E-state index contributed by atoms with van der Waals surface area (Å²) < 4.78 is 27.2. The molecule has 1 aliphatic heterocycles. The van der Waals surface area contributed by atoms with Gasteiger partial charge in [0.1, 0.15) is 11.6 Å². The van der Waals surface area contributed by atoms with Crippen molar-refractivity contribution in [3.05, 3.63) is 89.5 Å². The van der Waals surface area contributed by atoms with Crippen LogP contribution in [0, 0.1) is 11.6 Å². The van der Waals surface area contributed by atoms with Gasteiger partial charge in [0.25, 0.3) is 5.91 Å². The molecule has 0 unspecified atom stereocenters. The van der Waals surface area contributed by atoms with Gasteiger partial charge in [-0.25, -0.2) is 13.6 Å². The molecule has 0 bridgehead atoms. The highest BCUT2D eigenvalue weighted by Crippen LogP contribution is 2.30. The molecule has 0 aliphatic carbocycles. The van der Waals surface area contributed by atoms with E-state index in [1.165, 1.54) is 42.5 Å². The molecule has 0 radical (unpaired) electrons. The zero-order valence-corrected chi connectivity index (χ0v) is 17.1. The van der Waals surface area contributed by atoms with Gasteiger partial charge in [0.05, 0.1) is 22.5 Å². The summed E-state index contributed by atoms with van der Waals surface area (Å²) in [5.74, 6) is -2.73. The lowest BCUT2D eigenvalue weighted by molar-refractivity contribution is 0.0696. The number of anilines is 3. The molecule has 1 aliphatic rings. The molecule has 1 heterocycles. The topological polar surface area (TPSA) is 72.9 Å². The number of benzene rings is 3. The molecule has 1 amide bonds. The number of hydrogen-bond acceptors (Lipinski definition) is 4. The minimum Gasteiger partial charge on any atom is -0.478 e. The van der Waals surface area contributed by atoms with E-state index in [4.69, 9.17) is 0 Å². The second-order valence-corrected chi connectivity index (χ2v) is 7.42. The summed E-state index contributed by atoms with van der Waals surface area (Å²) in [6.07, 6.45) is 0. The molecule has 2 N–H and O–H groups in total. The molecular formula is C24H21F2N3O3. The lowest BCUT2D eigenvalue weighted by Gasteiger charge is -2.38. The third kappa shape index (κ3) is 4.54. The summed E-state index contributed by atoms with van der Waals surface area (Å²) in [7, 11) is 0. The Labute approximate surface area is 183 Å². The van der Waals surface area contributed by atoms with E-state index in [1.807, 2.05) is 4.90 Å². The van der Waals surface area contributed by atoms with Crippen LogP contribution in [0.25, 0.3) is 0 Å². The molecule has 4 rings (SSSR count). The van der Waals surface area contributed by atoms with Crippen LogP contribution in [0.3, 0.4) is 0 Å². The maximum atomic E-state index is 14.0. The van der Waals surface area contributed by atoms with E-state index in [0.717, 1.165) is 5.69 Å². The molecule has 3 aromatic carbocycles. The molecule has 3 aromatic rings. The summed E-state index contributed by atoms with van der Waals surface area (Å²) in [5.41, 5.74) is 1.76. The Morgan fingerprint density at radius 3 is 2.16 bits per heavy atom. The van der Waals surface area contributed by atoms with E-state index in [-0.39, 0.29) is 16.9 Å². The minimum absolute atomic E-state index is 0.0162. The van der Waals surface area contributed by atoms with Crippen LogP contribution in [0.1, 0.15) is 20.7 Å². The number of rotatable bonds is 5. The number of nitrogens with zero attached hydrogens (tertiary/aromatic N) is 2. The molecule has 1 saturated heterocycles. The lowest BCUT2D eigenvalue weighted by Crippen LogP contribution is -2.46. The molecule has 32 heavy (non-hydrogen) atoms. The number of carbonyl (C=O) groups is 2. The summed E-state index contributed by atoms with van der Waals surface area (Å²) >= 11 is 0. The second kappa shape index (κ2) is 9.05. The molecule has 0 aromatic heterocycles. The predicted octanol–water partition coefficient (Wildman–Crippen LogP) is 4.24. The van der Waals surface area contributed by atoms with Crippen molar-refractivity contribution < 1.29 is 23.5 Å². The SMILES string of the molecule is O=C(O)c1ccc(N2CCN(c3ccc(F)cc3)CC2)c(NC(=O)c2ccccc2F)c1. The average Bonchev–Trinajstić information content (AvgIpc) is 2.80. The van der Waals surface area contributed by atoms with E-state index >= 15 is 0 Å². The van der Waals surface area contributed by atoms with Crippen molar-refractivity contribution in [2.24, 2.45) is 0 Å². The van der Waals surface area contributed by atoms with Crippen LogP contribution in [-0.4, -0.2) is 43.2 Å². The van der Waals surface area contributed by atoms with Crippen LogP contribution in [0.4, 0.5) is 25.8 Å². The second-order valence-electron chi connectivity index (χ2n) is 7.42. The maximum absolute atomic E-state index is 14.0. The van der Waals surface area contributed by atoms with Gasteiger partial charge < -0.3 is 20.2 Å². The number of carboxylic acids is 1. The molecule has 0 atom stereocenters. The highest BCUT2D eigenvalue weighted by atomic mass is 19.1. The van der Waals surface area contributed by atoms with Crippen LogP contribution in [-0.2, 0) is 0 Å². The summed E-state index contributed by atoms with van der Waals surface area (Å²) in [5, 5.41) is 12.0. The number of piperazine rings is 1. The number of amides is 1. The number of halogens is 2. The first kappa shape index (κ1) is 21.3. The largest absolute Gasteiger partial charge is 0.478 e. The highest BCUT2D eigenvalue weighted by molar-refractivity contribution is 6.07. The summed E-state index contributed by atoms with van der Waals surface area (Å²) in [4.78, 5) is 28.3. The highest BCUT2D eigenvalue weighted by Gasteiger charge is 2.22. The van der Waals surface area contributed by atoms with Gasteiger partial charge in [-0.15, -0.1) is 0 Å². The van der Waals surface area contributed by atoms with E-state index < -0.39 is 17.7 Å². The van der Waals surface area contributed by atoms with Crippen molar-refractivity contribution >= 4 is 28.9 Å². The first-order valence-corrected chi connectivity index (χ1v) is 10.1. The van der Waals surface area contributed by atoms with Gasteiger partial charge in [-0.2, -0.15) is 0 Å². The van der Waals surface area contributed by atoms with E-state index in [9.17, 15) is 23.5 Å². The normalized spacial score (nSPS) is 13.7. The monoisotopic (exact) mass is 437 g/mol. The Balaban J connectivity index is 1.56. The molecule has 8 heteroatoms. The lowest BCUT2D eigenvalue weighted by atomic mass is 10.1. The van der Waals surface area contributed by atoms with Crippen LogP contribution >= 0.6 is 0 Å². The Kier molecular flexibility index (Phi) is 6.02. The smallest absolute Gasteiger partial charge is 0.335 e. The fourth-order valence-corrected chi connectivity index (χ4v) is 3.74. The van der Waals surface area contributed by atoms with Gasteiger partial charge in [0.15, 0.2) is 0 Å². The van der Waals surface area contributed by atoms with E-state index in [0.29, 0.717) is 37.6 Å². The van der Waals surface area contributed by atoms with Gasteiger partial charge >= 0.3 is 5.97 Å². The van der Waals surface area contributed by atoms with Gasteiger partial charge in [0, 0.05) is 31.9 Å². The Bertz CT molecular complexity index is 1140. The van der Waals surface area contributed by atoms with Crippen LogP contribution in [0.2, 0.25) is 0 Å². The van der Waals surface area contributed by atoms with Gasteiger partial charge in [-0.05, 0) is 54.6 Å². The van der Waals surface area contributed by atoms with Gasteiger partial charge in [-0.3, -0.25) is 4.79 Å². The number of carbonyl (C=O) groups excluding carboxylic acids is 1. The molecule has 164 valence electrons. The minimum atomic E-state index is -1.13. The van der Waals surface area contributed by atoms with E-state index in [2.05, 4.69) is 10.2 Å². The average molecular weight is 437 g/mol. The van der Waals surface area contributed by atoms with Crippen molar-refractivity contribution in [3.8, 4) is 0 Å². The first-order valence-electron chi connectivity index (χ1n) is 10.1. The summed E-state index contributed by atoms with van der Waals surface area (Å²) in [6.45, 7) is 2.53. The molecule has 1 fully saturated rings. The quantitative estimate of drug-likeness (QED) is 0.625. The Hall–Kier alpha value is -3.94. The number of nitrogens with one attached hydrogen (secondary N) is 1. The maximum Gasteiger partial charge on any atom is 0.335 e. The van der Waals surface area contributed by atoms with Crippen LogP contribution in [0.15, 0.2) is 66.7 Å². The third-order valence-electron chi connectivity index (χ3n) is 5.42. The molecule has 0 saturated carbocycles. The number of carboxylic acid groups (broad SMARTS) is 1. The van der Waals surface area contributed by atoms with Crippen molar-refractivity contribution in [2.45, 2.75) is 0 Å². The molecule has 6 nitrogen and oxygen atoms in total. The van der Waals surface area contributed by atoms with Crippen molar-refractivity contribution in [1.82, 2.24) is 0 Å². The first-order chi connectivity index (χ1) is 15.4. The fraction of sp³-hybridized carbons (Fsp3) is 0.167. The van der Waals surface area contributed by atoms with Gasteiger partial charge in [0.2, 0.25) is 0 Å². The van der Waals surface area contributed by atoms with Crippen molar-refractivity contribution in [3.63, 3.8) is 0 Å². The standard InChI is InChI=1S/C24H21F2N3O3/c25-17-6-8-18(9-7-17)28-11-13-29(14-12-28)22-10-5-16(24(31)32)15-21(22)27-23(30)19-3-1-2-4-20(19)26/h1-10,15H,11-14H2,(H,27,30)(H,31,32). The van der Waals surface area contributed by atoms with E-state index in [1.54, 1.807) is 24.3 Å². The summed E-state index contributed by atoms with van der Waals surface area (Å²) in [6, 6.07) is 16.4. The Morgan fingerprint density at radius 2 is 1.50 bits per heavy atom. The number of aromatic carboxylic acids is 1. The van der Waals surface area contributed by atoms with Crippen LogP contribution in [0.5, 0.6) is 0 Å². The number of hydrogen-bond donors (Lipinski definition) is 2. The predicted molar refractivity (Wildman–Crippen MR) is 119 cm³/mol. The fourth-order valence-electron chi connectivity index (χ4n) is 3.74. The zero-order chi connectivity index (χ0) is 22.7. The zero-order valence-electron chi connectivity index (χ0n) is 17.1. The third-order valence-corrected chi connectivity index (χ3v) is 5.42. The van der Waals surface area contributed by atoms with Crippen LogP contribution < -0.4 is 15.1 Å². The molecule has 0 spiro atoms.